The summed E-state index contributed by atoms with van der Waals surface area (Å²) >= 11 is 0. The van der Waals surface area contributed by atoms with Gasteiger partial charge in [0, 0.05) is 0 Å². The standard InChI is InChI=1S/C14H28O/c1-6-11-7-9-12(10-8-11)14(5,15)13(2,3)4/h11-12,15H,6-10H2,1-5H3. The van der Waals surface area contributed by atoms with Crippen LogP contribution in [-0.4, -0.2) is 10.7 Å². The van der Waals surface area contributed by atoms with Crippen molar-refractivity contribution >= 4 is 0 Å². The Labute approximate surface area is 95.3 Å². The summed E-state index contributed by atoms with van der Waals surface area (Å²) in [7, 11) is 0. The zero-order valence-corrected chi connectivity index (χ0v) is 11.1. The van der Waals surface area contributed by atoms with Gasteiger partial charge in [0.2, 0.25) is 0 Å². The number of aliphatic hydroxyl groups is 1. The summed E-state index contributed by atoms with van der Waals surface area (Å²) in [4.78, 5) is 0. The van der Waals surface area contributed by atoms with E-state index in [1.807, 2.05) is 6.92 Å². The van der Waals surface area contributed by atoms with E-state index in [2.05, 4.69) is 27.7 Å². The molecule has 1 rings (SSSR count). The molecule has 90 valence electrons. The molecule has 0 aromatic heterocycles. The third-order valence-electron chi connectivity index (χ3n) is 4.74. The first-order valence-corrected chi connectivity index (χ1v) is 6.51. The summed E-state index contributed by atoms with van der Waals surface area (Å²) in [5.74, 6) is 1.41. The molecule has 1 fully saturated rings. The van der Waals surface area contributed by atoms with Gasteiger partial charge in [-0.1, -0.05) is 47.0 Å². The van der Waals surface area contributed by atoms with Gasteiger partial charge >= 0.3 is 0 Å². The zero-order valence-electron chi connectivity index (χ0n) is 11.1. The molecule has 1 saturated carbocycles. The molecular formula is C14H28O. The number of rotatable bonds is 2. The molecule has 1 unspecified atom stereocenters. The van der Waals surface area contributed by atoms with Crippen molar-refractivity contribution in [1.29, 1.82) is 0 Å². The van der Waals surface area contributed by atoms with Crippen LogP contribution >= 0.6 is 0 Å². The van der Waals surface area contributed by atoms with E-state index in [4.69, 9.17) is 0 Å². The molecule has 1 heteroatoms. The minimum Gasteiger partial charge on any atom is -0.389 e. The van der Waals surface area contributed by atoms with Crippen LogP contribution in [0.25, 0.3) is 0 Å². The average molecular weight is 212 g/mol. The molecule has 1 aliphatic rings. The molecule has 1 N–H and O–H groups in total. The van der Waals surface area contributed by atoms with Gasteiger partial charge in [0.15, 0.2) is 0 Å². The molecule has 1 nitrogen and oxygen atoms in total. The largest absolute Gasteiger partial charge is 0.389 e. The van der Waals surface area contributed by atoms with Gasteiger partial charge in [0.05, 0.1) is 5.60 Å². The first kappa shape index (κ1) is 13.0. The van der Waals surface area contributed by atoms with Gasteiger partial charge in [-0.05, 0) is 37.0 Å². The van der Waals surface area contributed by atoms with E-state index in [1.54, 1.807) is 0 Å². The molecule has 0 aliphatic heterocycles. The fourth-order valence-corrected chi connectivity index (χ4v) is 2.75. The summed E-state index contributed by atoms with van der Waals surface area (Å²) in [6.07, 6.45) is 6.36. The molecule has 0 aromatic rings. The van der Waals surface area contributed by atoms with Crippen LogP contribution in [0.5, 0.6) is 0 Å². The Morgan fingerprint density at radius 3 is 1.80 bits per heavy atom. The van der Waals surface area contributed by atoms with E-state index in [0.717, 1.165) is 5.92 Å². The molecule has 0 amide bonds. The Morgan fingerprint density at radius 1 is 1.00 bits per heavy atom. The zero-order chi connectivity index (χ0) is 11.7. The molecule has 0 saturated heterocycles. The van der Waals surface area contributed by atoms with Crippen molar-refractivity contribution in [2.24, 2.45) is 17.3 Å². The molecule has 0 bridgehead atoms. The third kappa shape index (κ3) is 2.75. The highest BCUT2D eigenvalue weighted by atomic mass is 16.3. The Bertz CT molecular complexity index is 192. The molecule has 0 heterocycles. The van der Waals surface area contributed by atoms with E-state index in [-0.39, 0.29) is 5.41 Å². The molecule has 0 aromatic carbocycles. The predicted octanol–water partition coefficient (Wildman–Crippen LogP) is 4.00. The lowest BCUT2D eigenvalue weighted by molar-refractivity contribution is -0.102. The lowest BCUT2D eigenvalue weighted by Gasteiger charge is -2.46. The molecule has 0 radical (unpaired) electrons. The Morgan fingerprint density at radius 2 is 1.47 bits per heavy atom. The van der Waals surface area contributed by atoms with Gasteiger partial charge in [-0.2, -0.15) is 0 Å². The monoisotopic (exact) mass is 212 g/mol. The first-order valence-electron chi connectivity index (χ1n) is 6.51. The van der Waals surface area contributed by atoms with Crippen molar-refractivity contribution in [3.8, 4) is 0 Å². The van der Waals surface area contributed by atoms with Crippen LogP contribution in [0.2, 0.25) is 0 Å². The van der Waals surface area contributed by atoms with Crippen molar-refractivity contribution in [3.63, 3.8) is 0 Å². The summed E-state index contributed by atoms with van der Waals surface area (Å²) in [5, 5.41) is 10.6. The van der Waals surface area contributed by atoms with Gasteiger partial charge in [0.1, 0.15) is 0 Å². The third-order valence-corrected chi connectivity index (χ3v) is 4.74. The van der Waals surface area contributed by atoms with Crippen LogP contribution in [-0.2, 0) is 0 Å². The van der Waals surface area contributed by atoms with Crippen molar-refractivity contribution in [1.82, 2.24) is 0 Å². The molecule has 0 spiro atoms. The normalized spacial score (nSPS) is 32.4. The second kappa shape index (κ2) is 4.45. The maximum Gasteiger partial charge on any atom is 0.0695 e. The van der Waals surface area contributed by atoms with Crippen LogP contribution < -0.4 is 0 Å². The van der Waals surface area contributed by atoms with Crippen molar-refractivity contribution < 1.29 is 5.11 Å². The highest BCUT2D eigenvalue weighted by molar-refractivity contribution is 4.94. The summed E-state index contributed by atoms with van der Waals surface area (Å²) in [6, 6.07) is 0. The Hall–Kier alpha value is -0.0400. The van der Waals surface area contributed by atoms with Gasteiger partial charge in [0.25, 0.3) is 0 Å². The van der Waals surface area contributed by atoms with Crippen LogP contribution in [0.4, 0.5) is 0 Å². The van der Waals surface area contributed by atoms with Crippen LogP contribution in [0.1, 0.15) is 66.7 Å². The lowest BCUT2D eigenvalue weighted by atomic mass is 9.64. The van der Waals surface area contributed by atoms with E-state index >= 15 is 0 Å². The number of hydrogen-bond donors (Lipinski definition) is 1. The average Bonchev–Trinajstić information content (AvgIpc) is 2.16. The summed E-state index contributed by atoms with van der Waals surface area (Å²) < 4.78 is 0. The van der Waals surface area contributed by atoms with E-state index in [9.17, 15) is 5.11 Å². The van der Waals surface area contributed by atoms with Gasteiger partial charge in [-0.15, -0.1) is 0 Å². The predicted molar refractivity (Wildman–Crippen MR) is 65.8 cm³/mol. The van der Waals surface area contributed by atoms with E-state index < -0.39 is 5.60 Å². The van der Waals surface area contributed by atoms with Crippen LogP contribution in [0.3, 0.4) is 0 Å². The lowest BCUT2D eigenvalue weighted by Crippen LogP contribution is -2.47. The van der Waals surface area contributed by atoms with E-state index in [0.29, 0.717) is 5.92 Å². The second-order valence-corrected chi connectivity index (χ2v) is 6.52. The molecule has 1 atom stereocenters. The maximum atomic E-state index is 10.6. The van der Waals surface area contributed by atoms with Crippen molar-refractivity contribution in [3.05, 3.63) is 0 Å². The van der Waals surface area contributed by atoms with Crippen LogP contribution in [0, 0.1) is 17.3 Å². The molecule has 1 aliphatic carbocycles. The highest BCUT2D eigenvalue weighted by Gasteiger charge is 2.43. The molecule has 15 heavy (non-hydrogen) atoms. The van der Waals surface area contributed by atoms with Crippen molar-refractivity contribution in [2.45, 2.75) is 72.3 Å². The Kier molecular flexibility index (Phi) is 3.86. The van der Waals surface area contributed by atoms with Gasteiger partial charge in [-0.25, -0.2) is 0 Å². The Balaban J connectivity index is 2.60. The number of hydrogen-bond acceptors (Lipinski definition) is 1. The maximum absolute atomic E-state index is 10.6. The second-order valence-electron chi connectivity index (χ2n) is 6.52. The fraction of sp³-hybridized carbons (Fsp3) is 1.00. The van der Waals surface area contributed by atoms with Crippen LogP contribution in [0.15, 0.2) is 0 Å². The minimum atomic E-state index is -0.508. The minimum absolute atomic E-state index is 0.00326. The van der Waals surface area contributed by atoms with Gasteiger partial charge < -0.3 is 5.11 Å². The SMILES string of the molecule is CCC1CCC(C(C)(O)C(C)(C)C)CC1. The summed E-state index contributed by atoms with van der Waals surface area (Å²) in [5.41, 5.74) is -0.511. The quantitative estimate of drug-likeness (QED) is 0.733. The highest BCUT2D eigenvalue weighted by Crippen LogP contribution is 2.44. The topological polar surface area (TPSA) is 20.2 Å². The van der Waals surface area contributed by atoms with Gasteiger partial charge in [-0.3, -0.25) is 0 Å². The first-order chi connectivity index (χ1) is 6.79. The summed E-state index contributed by atoms with van der Waals surface area (Å²) in [6.45, 7) is 10.8. The molecular weight excluding hydrogens is 184 g/mol. The van der Waals surface area contributed by atoms with Crippen molar-refractivity contribution in [2.75, 3.05) is 0 Å². The fourth-order valence-electron chi connectivity index (χ4n) is 2.75. The van der Waals surface area contributed by atoms with E-state index in [1.165, 1.54) is 32.1 Å². The smallest absolute Gasteiger partial charge is 0.0695 e.